The van der Waals surface area contributed by atoms with Crippen LogP contribution in [0.1, 0.15) is 30.0 Å². The van der Waals surface area contributed by atoms with Gasteiger partial charge in [-0.05, 0) is 30.5 Å². The van der Waals surface area contributed by atoms with Crippen molar-refractivity contribution in [1.82, 2.24) is 29.8 Å². The predicted octanol–water partition coefficient (Wildman–Crippen LogP) is 4.19. The normalized spacial score (nSPS) is 14.1. The van der Waals surface area contributed by atoms with E-state index in [9.17, 15) is 4.79 Å². The zero-order valence-corrected chi connectivity index (χ0v) is 19.5. The van der Waals surface area contributed by atoms with Gasteiger partial charge in [-0.1, -0.05) is 30.3 Å². The van der Waals surface area contributed by atoms with Crippen LogP contribution in [-0.4, -0.2) is 41.7 Å². The standard InChI is InChI=1S/C24H23N9OS/c34-22(29-24-25-10-12-35-24)18(13-15-5-2-1-3-6-15)26-23-28-21(19-7-4-11-33(19)32-23)27-20-14-17(30-31-20)16-8-9-16/h1-7,10-12,14,16,18H,8-9,13H2,(H,25,29,34)(H3,26,27,28,30,31,32)/t18-/m0/s1. The highest BCUT2D eigenvalue weighted by Gasteiger charge is 2.26. The molecule has 10 nitrogen and oxygen atoms in total. The lowest BCUT2D eigenvalue weighted by Gasteiger charge is -2.18. The third-order valence-corrected chi connectivity index (χ3v) is 6.51. The van der Waals surface area contributed by atoms with Crippen molar-refractivity contribution < 1.29 is 4.79 Å². The van der Waals surface area contributed by atoms with Gasteiger partial charge in [0.15, 0.2) is 16.8 Å². The number of aromatic amines is 1. The molecule has 1 amide bonds. The lowest BCUT2D eigenvalue weighted by Crippen LogP contribution is -2.37. The third kappa shape index (κ3) is 4.85. The Balaban J connectivity index is 1.28. The maximum atomic E-state index is 13.2. The molecule has 0 saturated heterocycles. The van der Waals surface area contributed by atoms with Crippen molar-refractivity contribution >= 4 is 45.5 Å². The molecule has 4 aromatic heterocycles. The van der Waals surface area contributed by atoms with E-state index < -0.39 is 6.04 Å². The van der Waals surface area contributed by atoms with Gasteiger partial charge < -0.3 is 16.0 Å². The molecule has 1 saturated carbocycles. The summed E-state index contributed by atoms with van der Waals surface area (Å²) in [5.41, 5.74) is 2.95. The van der Waals surface area contributed by atoms with Crippen LogP contribution in [-0.2, 0) is 11.2 Å². The van der Waals surface area contributed by atoms with Gasteiger partial charge >= 0.3 is 0 Å². The first-order valence-electron chi connectivity index (χ1n) is 11.4. The molecule has 1 aliphatic carbocycles. The molecule has 0 aliphatic heterocycles. The number of aromatic nitrogens is 6. The minimum Gasteiger partial charge on any atom is -0.341 e. The molecule has 5 aromatic rings. The largest absolute Gasteiger partial charge is 0.341 e. The van der Waals surface area contributed by atoms with Crippen LogP contribution in [0.3, 0.4) is 0 Å². The first-order valence-corrected chi connectivity index (χ1v) is 12.3. The van der Waals surface area contributed by atoms with Crippen molar-refractivity contribution in [2.24, 2.45) is 0 Å². The van der Waals surface area contributed by atoms with Crippen LogP contribution in [0.5, 0.6) is 0 Å². The van der Waals surface area contributed by atoms with Gasteiger partial charge in [-0.15, -0.1) is 16.4 Å². The lowest BCUT2D eigenvalue weighted by atomic mass is 10.1. The second-order valence-electron chi connectivity index (χ2n) is 8.44. The Morgan fingerprint density at radius 3 is 2.89 bits per heavy atom. The minimum atomic E-state index is -0.617. The summed E-state index contributed by atoms with van der Waals surface area (Å²) in [6.07, 6.45) is 6.34. The number of fused-ring (bicyclic) bond motifs is 1. The highest BCUT2D eigenvalue weighted by atomic mass is 32.1. The first-order chi connectivity index (χ1) is 17.2. The fourth-order valence-corrected chi connectivity index (χ4v) is 4.44. The zero-order valence-electron chi connectivity index (χ0n) is 18.7. The van der Waals surface area contributed by atoms with E-state index in [4.69, 9.17) is 4.98 Å². The molecule has 6 rings (SSSR count). The summed E-state index contributed by atoms with van der Waals surface area (Å²) < 4.78 is 1.73. The van der Waals surface area contributed by atoms with Gasteiger partial charge in [0.1, 0.15) is 11.6 Å². The van der Waals surface area contributed by atoms with Gasteiger partial charge in [-0.25, -0.2) is 9.50 Å². The Morgan fingerprint density at radius 1 is 1.20 bits per heavy atom. The number of nitrogens with one attached hydrogen (secondary N) is 4. The summed E-state index contributed by atoms with van der Waals surface area (Å²) in [6.45, 7) is 0. The second-order valence-corrected chi connectivity index (χ2v) is 9.34. The average molecular weight is 486 g/mol. The van der Waals surface area contributed by atoms with E-state index in [1.165, 1.54) is 24.2 Å². The Bertz CT molecular complexity index is 1440. The van der Waals surface area contributed by atoms with Gasteiger partial charge in [0, 0.05) is 41.9 Å². The number of amides is 1. The Morgan fingerprint density at radius 2 is 2.09 bits per heavy atom. The number of benzene rings is 1. The summed E-state index contributed by atoms with van der Waals surface area (Å²) in [6, 6.07) is 15.1. The summed E-state index contributed by atoms with van der Waals surface area (Å²) in [5.74, 6) is 1.98. The topological polar surface area (TPSA) is 125 Å². The van der Waals surface area contributed by atoms with Crippen LogP contribution in [0.4, 0.5) is 22.7 Å². The molecule has 4 heterocycles. The summed E-state index contributed by atoms with van der Waals surface area (Å²) in [4.78, 5) is 22.1. The quantitative estimate of drug-likeness (QED) is 0.247. The molecule has 0 unspecified atom stereocenters. The van der Waals surface area contributed by atoms with Crippen LogP contribution < -0.4 is 16.0 Å². The van der Waals surface area contributed by atoms with E-state index in [0.29, 0.717) is 35.1 Å². The molecular weight excluding hydrogens is 462 g/mol. The Labute approximate surface area is 204 Å². The van der Waals surface area contributed by atoms with E-state index in [2.05, 4.69) is 36.2 Å². The monoisotopic (exact) mass is 485 g/mol. The van der Waals surface area contributed by atoms with E-state index in [1.807, 2.05) is 60.1 Å². The number of nitrogens with zero attached hydrogens (tertiary/aromatic N) is 5. The Kier molecular flexibility index (Phi) is 5.59. The predicted molar refractivity (Wildman–Crippen MR) is 135 cm³/mol. The number of hydrogen-bond donors (Lipinski definition) is 4. The molecule has 1 aromatic carbocycles. The second kappa shape index (κ2) is 9.18. The molecule has 1 atom stereocenters. The minimum absolute atomic E-state index is 0.212. The van der Waals surface area contributed by atoms with E-state index in [0.717, 1.165) is 16.8 Å². The SMILES string of the molecule is O=C(Nc1nccs1)[C@H](Cc1ccccc1)Nc1nc(Nc2cc(C3CC3)[nH]n2)c2cccn2n1. The van der Waals surface area contributed by atoms with Crippen molar-refractivity contribution in [1.29, 1.82) is 0 Å². The number of H-pyrrole nitrogens is 1. The smallest absolute Gasteiger partial charge is 0.249 e. The molecule has 11 heteroatoms. The van der Waals surface area contributed by atoms with Crippen LogP contribution in [0.25, 0.3) is 5.52 Å². The Hall–Kier alpha value is -4.25. The average Bonchev–Trinajstić information content (AvgIpc) is 3.23. The number of thiazole rings is 1. The van der Waals surface area contributed by atoms with Gasteiger partial charge in [-0.3, -0.25) is 9.89 Å². The number of carbonyl (C=O) groups excluding carboxylic acids is 1. The number of carbonyl (C=O) groups is 1. The van der Waals surface area contributed by atoms with Gasteiger partial charge in [-0.2, -0.15) is 10.1 Å². The first kappa shape index (κ1) is 21.3. The van der Waals surface area contributed by atoms with Crippen molar-refractivity contribution in [2.45, 2.75) is 31.2 Å². The van der Waals surface area contributed by atoms with E-state index in [1.54, 1.807) is 10.7 Å². The molecule has 1 aliphatic rings. The molecule has 176 valence electrons. The summed E-state index contributed by atoms with van der Waals surface area (Å²) in [5, 5.41) is 23.8. The van der Waals surface area contributed by atoms with Crippen molar-refractivity contribution in [3.63, 3.8) is 0 Å². The molecule has 0 radical (unpaired) electrons. The van der Waals surface area contributed by atoms with E-state index in [-0.39, 0.29) is 5.91 Å². The summed E-state index contributed by atoms with van der Waals surface area (Å²) in [7, 11) is 0. The lowest BCUT2D eigenvalue weighted by molar-refractivity contribution is -0.116. The highest BCUT2D eigenvalue weighted by molar-refractivity contribution is 7.13. The van der Waals surface area contributed by atoms with Gasteiger partial charge in [0.2, 0.25) is 11.9 Å². The van der Waals surface area contributed by atoms with Crippen molar-refractivity contribution in [3.8, 4) is 0 Å². The molecular formula is C24H23N9OS. The molecule has 4 N–H and O–H groups in total. The number of anilines is 4. The zero-order chi connectivity index (χ0) is 23.6. The molecule has 0 spiro atoms. The molecule has 0 bridgehead atoms. The third-order valence-electron chi connectivity index (χ3n) is 5.82. The maximum absolute atomic E-state index is 13.2. The van der Waals surface area contributed by atoms with Crippen LogP contribution in [0.2, 0.25) is 0 Å². The van der Waals surface area contributed by atoms with Crippen LogP contribution >= 0.6 is 11.3 Å². The van der Waals surface area contributed by atoms with Gasteiger partial charge in [0.05, 0.1) is 0 Å². The van der Waals surface area contributed by atoms with Gasteiger partial charge in [0.25, 0.3) is 0 Å². The number of hydrogen-bond acceptors (Lipinski definition) is 8. The van der Waals surface area contributed by atoms with Crippen LogP contribution in [0, 0.1) is 0 Å². The maximum Gasteiger partial charge on any atom is 0.249 e. The fourth-order valence-electron chi connectivity index (χ4n) is 3.91. The molecule has 35 heavy (non-hydrogen) atoms. The highest BCUT2D eigenvalue weighted by Crippen LogP contribution is 2.39. The fraction of sp³-hybridized carbons (Fsp3) is 0.208. The number of rotatable bonds is 9. The van der Waals surface area contributed by atoms with Crippen molar-refractivity contribution in [2.75, 3.05) is 16.0 Å². The van der Waals surface area contributed by atoms with E-state index >= 15 is 0 Å². The van der Waals surface area contributed by atoms with Crippen molar-refractivity contribution in [3.05, 3.63) is 77.6 Å². The van der Waals surface area contributed by atoms with Crippen LogP contribution in [0.15, 0.2) is 66.3 Å². The summed E-state index contributed by atoms with van der Waals surface area (Å²) >= 11 is 1.37. The molecule has 1 fully saturated rings.